The van der Waals surface area contributed by atoms with Gasteiger partial charge in [0, 0.05) is 6.42 Å². The molecule has 1 saturated heterocycles. The van der Waals surface area contributed by atoms with Crippen LogP contribution in [0.2, 0.25) is 0 Å². The second-order valence-electron chi connectivity index (χ2n) is 7.21. The van der Waals surface area contributed by atoms with E-state index in [4.69, 9.17) is 14.2 Å². The lowest BCUT2D eigenvalue weighted by molar-refractivity contribution is -0.122. The average Bonchev–Trinajstić information content (AvgIpc) is 3.09. The lowest BCUT2D eigenvalue weighted by atomic mass is 10.1. The normalized spacial score (nSPS) is 19.7. The molecule has 31 heavy (non-hydrogen) atoms. The minimum atomic E-state index is -0.749. The predicted molar refractivity (Wildman–Crippen MR) is 111 cm³/mol. The van der Waals surface area contributed by atoms with Crippen molar-refractivity contribution in [3.63, 3.8) is 0 Å². The van der Waals surface area contributed by atoms with Gasteiger partial charge >= 0.3 is 6.03 Å². The highest BCUT2D eigenvalue weighted by molar-refractivity contribution is 6.21. The van der Waals surface area contributed by atoms with Crippen LogP contribution >= 0.6 is 0 Å². The largest absolute Gasteiger partial charge is 0.497 e. The Morgan fingerprint density at radius 1 is 1.16 bits per heavy atom. The topological polar surface area (TPSA) is 106 Å². The minimum absolute atomic E-state index is 0.0945. The number of urea groups is 1. The van der Waals surface area contributed by atoms with Gasteiger partial charge < -0.3 is 24.8 Å². The summed E-state index contributed by atoms with van der Waals surface area (Å²) in [6, 6.07) is 12.7. The fraction of sp³-hybridized carbons (Fsp3) is 0.318. The van der Waals surface area contributed by atoms with Crippen LogP contribution in [-0.2, 0) is 9.59 Å². The Balaban J connectivity index is 1.25. The number of hydrogen-bond acceptors (Lipinski definition) is 6. The second-order valence-corrected chi connectivity index (χ2v) is 7.21. The molecule has 0 spiro atoms. The zero-order valence-corrected chi connectivity index (χ0v) is 17.0. The molecule has 162 valence electrons. The summed E-state index contributed by atoms with van der Waals surface area (Å²) in [5.41, 5.74) is 0.449. The Kier molecular flexibility index (Phi) is 5.92. The lowest BCUT2D eigenvalue weighted by Crippen LogP contribution is -2.41. The number of hydrogen-bond donors (Lipinski definition) is 2. The molecular weight excluding hydrogens is 402 g/mol. The third-order valence-corrected chi connectivity index (χ3v) is 5.10. The molecule has 1 fully saturated rings. The first-order valence-electron chi connectivity index (χ1n) is 9.99. The van der Waals surface area contributed by atoms with Gasteiger partial charge in [-0.05, 0) is 42.8 Å². The van der Waals surface area contributed by atoms with Crippen LogP contribution in [0.5, 0.6) is 17.2 Å². The molecule has 0 aliphatic carbocycles. The highest BCUT2D eigenvalue weighted by Gasteiger charge is 2.39. The van der Waals surface area contributed by atoms with E-state index in [1.807, 2.05) is 24.3 Å². The third kappa shape index (κ3) is 4.55. The van der Waals surface area contributed by atoms with Crippen molar-refractivity contribution in [1.29, 1.82) is 0 Å². The van der Waals surface area contributed by atoms with Gasteiger partial charge in [0.25, 0.3) is 5.91 Å². The van der Waals surface area contributed by atoms with E-state index in [9.17, 15) is 14.4 Å². The van der Waals surface area contributed by atoms with Crippen LogP contribution in [0.1, 0.15) is 12.8 Å². The van der Waals surface area contributed by atoms with E-state index < -0.39 is 12.1 Å². The molecular formula is C22H23N3O6. The van der Waals surface area contributed by atoms with E-state index in [1.165, 1.54) is 7.11 Å². The Morgan fingerprint density at radius 3 is 2.65 bits per heavy atom. The molecule has 4 rings (SSSR count). The van der Waals surface area contributed by atoms with Crippen molar-refractivity contribution in [2.45, 2.75) is 25.0 Å². The molecule has 9 heteroatoms. The van der Waals surface area contributed by atoms with Crippen molar-refractivity contribution in [3.05, 3.63) is 48.5 Å². The molecule has 0 aromatic heterocycles. The summed E-state index contributed by atoms with van der Waals surface area (Å²) in [4.78, 5) is 38.2. The lowest BCUT2D eigenvalue weighted by Gasteiger charge is -2.26. The number of amides is 4. The molecule has 9 nitrogen and oxygen atoms in total. The van der Waals surface area contributed by atoms with Crippen molar-refractivity contribution in [3.8, 4) is 17.2 Å². The van der Waals surface area contributed by atoms with Crippen molar-refractivity contribution in [2.24, 2.45) is 0 Å². The van der Waals surface area contributed by atoms with Crippen LogP contribution in [-0.4, -0.2) is 50.3 Å². The summed E-state index contributed by atoms with van der Waals surface area (Å²) < 4.78 is 16.5. The van der Waals surface area contributed by atoms with Crippen LogP contribution in [0.25, 0.3) is 0 Å². The Morgan fingerprint density at radius 2 is 1.90 bits per heavy atom. The van der Waals surface area contributed by atoms with Crippen LogP contribution in [0.15, 0.2) is 48.5 Å². The number of carbonyl (C=O) groups is 3. The van der Waals surface area contributed by atoms with Gasteiger partial charge in [-0.15, -0.1) is 0 Å². The summed E-state index contributed by atoms with van der Waals surface area (Å²) in [5, 5.41) is 5.43. The number of nitrogens with zero attached hydrogens (tertiary/aromatic N) is 1. The molecule has 2 aromatic rings. The number of benzene rings is 2. The second kappa shape index (κ2) is 8.95. The molecule has 2 N–H and O–H groups in total. The molecule has 0 unspecified atom stereocenters. The van der Waals surface area contributed by atoms with Gasteiger partial charge in [-0.2, -0.15) is 0 Å². The predicted octanol–water partition coefficient (Wildman–Crippen LogP) is 1.86. The fourth-order valence-corrected chi connectivity index (χ4v) is 3.46. The molecule has 0 saturated carbocycles. The third-order valence-electron chi connectivity index (χ3n) is 5.10. The minimum Gasteiger partial charge on any atom is -0.497 e. The molecule has 2 aliphatic rings. The summed E-state index contributed by atoms with van der Waals surface area (Å²) >= 11 is 0. The van der Waals surface area contributed by atoms with Crippen molar-refractivity contribution >= 4 is 23.5 Å². The summed E-state index contributed by atoms with van der Waals surface area (Å²) in [7, 11) is 1.54. The number of para-hydroxylation sites is 2. The number of methoxy groups -OCH3 is 1. The molecule has 4 amide bonds. The van der Waals surface area contributed by atoms with E-state index in [1.54, 1.807) is 24.3 Å². The van der Waals surface area contributed by atoms with E-state index in [2.05, 4.69) is 10.6 Å². The maximum absolute atomic E-state index is 12.6. The zero-order valence-electron chi connectivity index (χ0n) is 17.0. The van der Waals surface area contributed by atoms with Crippen LogP contribution < -0.4 is 29.7 Å². The number of carbonyl (C=O) groups excluding carboxylic acids is 3. The first kappa shape index (κ1) is 20.5. The van der Waals surface area contributed by atoms with Crippen LogP contribution in [0.4, 0.5) is 10.5 Å². The standard InChI is InChI=1S/C22H23N3O6/c1-29-15-8-6-14(7-9-15)25-21(27)17(24-22(25)28)10-11-20(26)23-12-16-13-30-18-4-2-3-5-19(18)31-16/h2-9,16-17H,10-13H2,1H3,(H,23,26)(H,24,28)/t16-,17+/m0/s1. The summed E-state index contributed by atoms with van der Waals surface area (Å²) in [6.45, 7) is 0.626. The highest BCUT2D eigenvalue weighted by atomic mass is 16.6. The SMILES string of the molecule is COc1ccc(N2C(=O)N[C@H](CCC(=O)NC[C@H]3COc4ccccc4O3)C2=O)cc1. The van der Waals surface area contributed by atoms with Gasteiger partial charge in [0.2, 0.25) is 5.91 Å². The summed E-state index contributed by atoms with van der Waals surface area (Å²) in [6.07, 6.45) is 0.00261. The number of imide groups is 1. The smallest absolute Gasteiger partial charge is 0.329 e. The average molecular weight is 425 g/mol. The van der Waals surface area contributed by atoms with Gasteiger partial charge in [0.05, 0.1) is 19.3 Å². The zero-order chi connectivity index (χ0) is 21.8. The van der Waals surface area contributed by atoms with E-state index in [0.717, 1.165) is 4.90 Å². The number of anilines is 1. The monoisotopic (exact) mass is 425 g/mol. The highest BCUT2D eigenvalue weighted by Crippen LogP contribution is 2.30. The first-order chi connectivity index (χ1) is 15.0. The van der Waals surface area contributed by atoms with Crippen molar-refractivity contribution in [2.75, 3.05) is 25.2 Å². The quantitative estimate of drug-likeness (QED) is 0.656. The number of nitrogens with one attached hydrogen (secondary N) is 2. The fourth-order valence-electron chi connectivity index (χ4n) is 3.46. The molecule has 0 radical (unpaired) electrons. The molecule has 0 bridgehead atoms. The van der Waals surface area contributed by atoms with Gasteiger partial charge in [-0.1, -0.05) is 12.1 Å². The molecule has 2 aliphatic heterocycles. The molecule has 2 heterocycles. The Hall–Kier alpha value is -3.75. The van der Waals surface area contributed by atoms with Gasteiger partial charge in [0.15, 0.2) is 11.5 Å². The molecule has 2 aromatic carbocycles. The van der Waals surface area contributed by atoms with Crippen molar-refractivity contribution < 1.29 is 28.6 Å². The summed E-state index contributed by atoms with van der Waals surface area (Å²) in [5.74, 6) is 1.34. The Labute approximate surface area is 179 Å². The number of ether oxygens (including phenoxy) is 3. The van der Waals surface area contributed by atoms with E-state index in [-0.39, 0.29) is 37.3 Å². The van der Waals surface area contributed by atoms with Gasteiger partial charge in [-0.3, -0.25) is 9.59 Å². The van der Waals surface area contributed by atoms with E-state index >= 15 is 0 Å². The van der Waals surface area contributed by atoms with Crippen LogP contribution in [0.3, 0.4) is 0 Å². The van der Waals surface area contributed by atoms with Gasteiger partial charge in [0.1, 0.15) is 24.5 Å². The number of rotatable bonds is 7. The van der Waals surface area contributed by atoms with Crippen LogP contribution in [0, 0.1) is 0 Å². The first-order valence-corrected chi connectivity index (χ1v) is 9.99. The maximum atomic E-state index is 12.6. The van der Waals surface area contributed by atoms with E-state index in [0.29, 0.717) is 29.5 Å². The number of fused-ring (bicyclic) bond motifs is 1. The Bertz CT molecular complexity index is 977. The molecule has 2 atom stereocenters. The maximum Gasteiger partial charge on any atom is 0.329 e. The van der Waals surface area contributed by atoms with Gasteiger partial charge in [-0.25, -0.2) is 9.69 Å². The van der Waals surface area contributed by atoms with Crippen molar-refractivity contribution in [1.82, 2.24) is 10.6 Å².